The number of nitrogens with zero attached hydrogens (tertiary/aromatic N) is 2. The molecule has 0 bridgehead atoms. The number of hydrogen-bond donors (Lipinski definition) is 3. The first-order chi connectivity index (χ1) is 14.9. The first-order valence-corrected chi connectivity index (χ1v) is 9.67. The van der Waals surface area contributed by atoms with E-state index in [0.29, 0.717) is 4.90 Å². The number of esters is 1. The van der Waals surface area contributed by atoms with Crippen molar-refractivity contribution in [3.63, 3.8) is 0 Å². The number of amides is 1. The highest BCUT2D eigenvalue weighted by Gasteiger charge is 2.41. The number of allylic oxidation sites excluding steroid dienone is 1. The zero-order valence-electron chi connectivity index (χ0n) is 19.0. The Morgan fingerprint density at radius 3 is 2.44 bits per heavy atom. The van der Waals surface area contributed by atoms with Gasteiger partial charge in [0.25, 0.3) is 5.91 Å². The van der Waals surface area contributed by atoms with Gasteiger partial charge in [-0.15, -0.1) is 6.58 Å². The van der Waals surface area contributed by atoms with Crippen molar-refractivity contribution in [3.8, 4) is 0 Å². The molecule has 0 radical (unpaired) electrons. The first kappa shape index (κ1) is 29.3. The summed E-state index contributed by atoms with van der Waals surface area (Å²) in [6.07, 6.45) is 1.37. The molecule has 12 heteroatoms. The van der Waals surface area contributed by atoms with Gasteiger partial charge in [-0.3, -0.25) is 30.2 Å². The van der Waals surface area contributed by atoms with E-state index in [2.05, 4.69) is 26.9 Å². The summed E-state index contributed by atoms with van der Waals surface area (Å²) in [5, 5.41) is 13.0. The van der Waals surface area contributed by atoms with Crippen LogP contribution < -0.4 is 10.6 Å². The highest BCUT2D eigenvalue weighted by atomic mass is 19.3. The van der Waals surface area contributed by atoms with Crippen LogP contribution in [-0.2, 0) is 19.1 Å². The molecule has 0 heterocycles. The highest BCUT2D eigenvalue weighted by Crippen LogP contribution is 2.21. The van der Waals surface area contributed by atoms with E-state index in [1.54, 1.807) is 13.8 Å². The third kappa shape index (κ3) is 9.60. The third-order valence-electron chi connectivity index (χ3n) is 4.12. The van der Waals surface area contributed by atoms with Crippen LogP contribution in [0.2, 0.25) is 0 Å². The molecule has 32 heavy (non-hydrogen) atoms. The first-order valence-electron chi connectivity index (χ1n) is 9.67. The van der Waals surface area contributed by atoms with E-state index >= 15 is 0 Å². The SMILES string of the molecule is C=CC(F)C(C(=O)OC)C(=COC)CNC/N=C\C(=N)N(C)C(=O)C(F)(F)CNC(C)C. The highest BCUT2D eigenvalue weighted by molar-refractivity contribution is 6.31. The summed E-state index contributed by atoms with van der Waals surface area (Å²) in [6.45, 7) is 5.66. The van der Waals surface area contributed by atoms with Gasteiger partial charge in [0.2, 0.25) is 0 Å². The second-order valence-corrected chi connectivity index (χ2v) is 7.00. The van der Waals surface area contributed by atoms with E-state index in [4.69, 9.17) is 10.1 Å². The predicted octanol–water partition coefficient (Wildman–Crippen LogP) is 1.52. The van der Waals surface area contributed by atoms with Crippen molar-refractivity contribution in [1.29, 1.82) is 5.41 Å². The molecule has 2 unspecified atom stereocenters. The molecule has 182 valence electrons. The summed E-state index contributed by atoms with van der Waals surface area (Å²) >= 11 is 0. The van der Waals surface area contributed by atoms with E-state index in [9.17, 15) is 22.8 Å². The van der Waals surface area contributed by atoms with Gasteiger partial charge in [-0.2, -0.15) is 8.78 Å². The summed E-state index contributed by atoms with van der Waals surface area (Å²) in [7, 11) is 3.50. The summed E-state index contributed by atoms with van der Waals surface area (Å²) in [6, 6.07) is -0.235. The Kier molecular flexibility index (Phi) is 13.1. The van der Waals surface area contributed by atoms with Crippen LogP contribution in [0.15, 0.2) is 29.5 Å². The zero-order valence-corrected chi connectivity index (χ0v) is 19.0. The van der Waals surface area contributed by atoms with Gasteiger partial charge in [-0.05, 0) is 5.57 Å². The molecule has 0 saturated heterocycles. The fourth-order valence-corrected chi connectivity index (χ4v) is 2.37. The lowest BCUT2D eigenvalue weighted by atomic mass is 9.94. The Hall–Kier alpha value is -2.73. The molecule has 0 aliphatic heterocycles. The topological polar surface area (TPSA) is 116 Å². The maximum atomic E-state index is 14.1. The van der Waals surface area contributed by atoms with Crippen molar-refractivity contribution < 1.29 is 32.2 Å². The fourth-order valence-electron chi connectivity index (χ4n) is 2.37. The van der Waals surface area contributed by atoms with E-state index in [0.717, 1.165) is 26.4 Å². The number of alkyl halides is 3. The second-order valence-electron chi connectivity index (χ2n) is 7.00. The lowest BCUT2D eigenvalue weighted by Gasteiger charge is -2.23. The lowest BCUT2D eigenvalue weighted by Crippen LogP contribution is -2.50. The van der Waals surface area contributed by atoms with Gasteiger partial charge >= 0.3 is 11.9 Å². The molecule has 0 aliphatic carbocycles. The van der Waals surface area contributed by atoms with Crippen molar-refractivity contribution in [2.45, 2.75) is 32.0 Å². The van der Waals surface area contributed by atoms with Crippen LogP contribution in [0.4, 0.5) is 13.2 Å². The molecule has 0 aromatic heterocycles. The van der Waals surface area contributed by atoms with Crippen LogP contribution in [0.1, 0.15) is 13.8 Å². The van der Waals surface area contributed by atoms with Gasteiger partial charge in [-0.25, -0.2) is 4.39 Å². The van der Waals surface area contributed by atoms with Crippen LogP contribution in [0.5, 0.6) is 0 Å². The van der Waals surface area contributed by atoms with Crippen molar-refractivity contribution in [1.82, 2.24) is 15.5 Å². The number of carbonyl (C=O) groups is 2. The van der Waals surface area contributed by atoms with Crippen molar-refractivity contribution in [2.24, 2.45) is 10.9 Å². The largest absolute Gasteiger partial charge is 0.504 e. The van der Waals surface area contributed by atoms with Crippen LogP contribution >= 0.6 is 0 Å². The molecule has 9 nitrogen and oxygen atoms in total. The third-order valence-corrected chi connectivity index (χ3v) is 4.12. The van der Waals surface area contributed by atoms with Crippen molar-refractivity contribution >= 4 is 23.9 Å². The molecular formula is C20H32F3N5O4. The minimum atomic E-state index is -3.69. The zero-order chi connectivity index (χ0) is 24.9. The number of carbonyl (C=O) groups excluding carboxylic acids is 2. The average molecular weight is 464 g/mol. The maximum Gasteiger partial charge on any atom is 0.337 e. The minimum absolute atomic E-state index is 0.0275. The van der Waals surface area contributed by atoms with Crippen molar-refractivity contribution in [3.05, 3.63) is 24.5 Å². The van der Waals surface area contributed by atoms with Crippen molar-refractivity contribution in [2.75, 3.05) is 41.0 Å². The molecule has 0 fully saturated rings. The quantitative estimate of drug-likeness (QED) is 0.0898. The summed E-state index contributed by atoms with van der Waals surface area (Å²) in [5.74, 6) is -7.87. The molecule has 0 aromatic carbocycles. The van der Waals surface area contributed by atoms with Gasteiger partial charge < -0.3 is 14.8 Å². The standard InChI is InChI=1S/C20H32F3N5O4/c1-7-15(21)17(18(29)32-6)14(10-31-5)8-25-12-26-9-16(24)28(4)19(30)20(22,23)11-27-13(2)3/h7,9-10,13,15,17,24-25,27H,1,8,11-12H2,2-6H3/b14-10?,24-16?,26-9-. The average Bonchev–Trinajstić information content (AvgIpc) is 2.75. The molecule has 0 aliphatic rings. The fraction of sp³-hybridized carbons (Fsp3) is 0.600. The number of hydrogen-bond acceptors (Lipinski definition) is 8. The summed E-state index contributed by atoms with van der Waals surface area (Å²) < 4.78 is 51.6. The number of rotatable bonds is 14. The van der Waals surface area contributed by atoms with Gasteiger partial charge in [0.1, 0.15) is 17.9 Å². The molecule has 1 amide bonds. The molecule has 0 rings (SSSR count). The molecule has 0 aromatic rings. The smallest absolute Gasteiger partial charge is 0.337 e. The van der Waals surface area contributed by atoms with Crippen LogP contribution in [0.25, 0.3) is 0 Å². The molecule has 2 atom stereocenters. The normalized spacial score (nSPS) is 14.2. The number of ether oxygens (including phenoxy) is 2. The van der Waals surface area contributed by atoms with E-state index < -0.39 is 42.3 Å². The molecular weight excluding hydrogens is 431 g/mol. The number of halogens is 3. The van der Waals surface area contributed by atoms with Gasteiger partial charge in [-0.1, -0.05) is 19.9 Å². The van der Waals surface area contributed by atoms with Crippen LogP contribution in [-0.4, -0.2) is 88.0 Å². The van der Waals surface area contributed by atoms with E-state index in [-0.39, 0.29) is 24.8 Å². The van der Waals surface area contributed by atoms with Crippen LogP contribution in [0.3, 0.4) is 0 Å². The minimum Gasteiger partial charge on any atom is -0.504 e. The van der Waals surface area contributed by atoms with Gasteiger partial charge in [0, 0.05) is 19.6 Å². The molecule has 0 spiro atoms. The summed E-state index contributed by atoms with van der Waals surface area (Å²) in [5.41, 5.74) is 0.224. The Bertz CT molecular complexity index is 713. The number of methoxy groups -OCH3 is 2. The van der Waals surface area contributed by atoms with E-state index in [1.807, 2.05) is 0 Å². The summed E-state index contributed by atoms with van der Waals surface area (Å²) in [4.78, 5) is 28.2. The number of amidine groups is 1. The number of nitrogens with one attached hydrogen (secondary N) is 3. The molecule has 3 N–H and O–H groups in total. The monoisotopic (exact) mass is 463 g/mol. The number of aliphatic imine (C=N–C) groups is 1. The second kappa shape index (κ2) is 14.4. The maximum absolute atomic E-state index is 14.1. The van der Waals surface area contributed by atoms with Crippen LogP contribution in [0, 0.1) is 11.3 Å². The van der Waals surface area contributed by atoms with Gasteiger partial charge in [0.05, 0.1) is 39.9 Å². The van der Waals surface area contributed by atoms with E-state index in [1.165, 1.54) is 13.4 Å². The Labute approximate surface area is 186 Å². The van der Waals surface area contributed by atoms with Gasteiger partial charge in [0.15, 0.2) is 0 Å². The predicted molar refractivity (Wildman–Crippen MR) is 116 cm³/mol. The lowest BCUT2D eigenvalue weighted by molar-refractivity contribution is -0.151. The Morgan fingerprint density at radius 1 is 1.31 bits per heavy atom. The Morgan fingerprint density at radius 2 is 1.94 bits per heavy atom. The molecule has 0 saturated carbocycles. The Balaban J connectivity index is 4.93.